The Kier molecular flexibility index (Phi) is 7.90. The highest BCUT2D eigenvalue weighted by Gasteiger charge is 2.20. The first kappa shape index (κ1) is 19.7. The Bertz CT molecular complexity index is 630. The van der Waals surface area contributed by atoms with E-state index >= 15 is 0 Å². The van der Waals surface area contributed by atoms with Crippen LogP contribution >= 0.6 is 0 Å². The third-order valence-electron chi connectivity index (χ3n) is 4.58. The quantitative estimate of drug-likeness (QED) is 0.687. The van der Waals surface area contributed by atoms with Crippen LogP contribution in [0.1, 0.15) is 36.8 Å². The van der Waals surface area contributed by atoms with Gasteiger partial charge in [0.05, 0.1) is 11.6 Å². The van der Waals surface area contributed by atoms with E-state index < -0.39 is 6.03 Å². The van der Waals surface area contributed by atoms with Crippen LogP contribution in [0.3, 0.4) is 0 Å². The number of piperazine rings is 1. The van der Waals surface area contributed by atoms with Crippen LogP contribution in [-0.2, 0) is 11.3 Å². The Morgan fingerprint density at radius 2 is 1.77 bits per heavy atom. The van der Waals surface area contributed by atoms with Crippen molar-refractivity contribution in [2.24, 2.45) is 5.73 Å². The zero-order valence-electron chi connectivity index (χ0n) is 15.1. The third kappa shape index (κ3) is 6.73. The van der Waals surface area contributed by atoms with Crippen molar-refractivity contribution in [2.45, 2.75) is 32.2 Å². The van der Waals surface area contributed by atoms with Crippen LogP contribution < -0.4 is 11.1 Å². The fourth-order valence-electron chi connectivity index (χ4n) is 3.05. The summed E-state index contributed by atoms with van der Waals surface area (Å²) in [4.78, 5) is 27.1. The number of nitrogens with two attached hydrogens (primary N) is 1. The van der Waals surface area contributed by atoms with Crippen LogP contribution in [0.4, 0.5) is 4.79 Å². The number of carbonyl (C=O) groups is 2. The number of primary amides is 1. The van der Waals surface area contributed by atoms with Crippen molar-refractivity contribution in [3.8, 4) is 6.07 Å². The molecule has 3 amide bonds. The molecular formula is C19H27N5O2. The summed E-state index contributed by atoms with van der Waals surface area (Å²) < 4.78 is 0. The molecular weight excluding hydrogens is 330 g/mol. The molecule has 7 nitrogen and oxygen atoms in total. The second-order valence-electron chi connectivity index (χ2n) is 6.57. The largest absolute Gasteiger partial charge is 0.352 e. The van der Waals surface area contributed by atoms with Gasteiger partial charge in [0.2, 0.25) is 5.91 Å². The van der Waals surface area contributed by atoms with E-state index in [4.69, 9.17) is 11.0 Å². The molecule has 0 atom stereocenters. The minimum absolute atomic E-state index is 0.214. The number of nitrogens with zero attached hydrogens (tertiary/aromatic N) is 3. The first-order valence-electron chi connectivity index (χ1n) is 9.11. The lowest BCUT2D eigenvalue weighted by molar-refractivity contribution is -0.133. The number of carbonyl (C=O) groups excluding carboxylic acids is 2. The van der Waals surface area contributed by atoms with Crippen LogP contribution in [0.2, 0.25) is 0 Å². The standard InChI is InChI=1S/C19H27N5O2/c20-14-16-5-7-17(8-6-16)15-23-10-12-24(13-11-23)18(25)4-2-1-3-9-22-19(21)26/h5-8H,1-4,9-13,15H2,(H3,21,22,26). The molecule has 1 fully saturated rings. The highest BCUT2D eigenvalue weighted by molar-refractivity contribution is 5.76. The molecule has 2 rings (SSSR count). The van der Waals surface area contributed by atoms with Crippen molar-refractivity contribution < 1.29 is 9.59 Å². The molecule has 7 heteroatoms. The van der Waals surface area contributed by atoms with Gasteiger partial charge >= 0.3 is 6.03 Å². The number of rotatable bonds is 8. The van der Waals surface area contributed by atoms with Crippen molar-refractivity contribution >= 4 is 11.9 Å². The Balaban J connectivity index is 1.62. The molecule has 0 saturated carbocycles. The van der Waals surface area contributed by atoms with E-state index in [0.29, 0.717) is 18.5 Å². The minimum Gasteiger partial charge on any atom is -0.352 e. The van der Waals surface area contributed by atoms with Gasteiger partial charge in [-0.25, -0.2) is 4.79 Å². The van der Waals surface area contributed by atoms with Gasteiger partial charge in [-0.3, -0.25) is 9.69 Å². The van der Waals surface area contributed by atoms with E-state index in [9.17, 15) is 9.59 Å². The van der Waals surface area contributed by atoms with Crippen LogP contribution in [-0.4, -0.2) is 54.5 Å². The molecule has 0 aliphatic carbocycles. The molecule has 1 aliphatic heterocycles. The summed E-state index contributed by atoms with van der Waals surface area (Å²) in [6.45, 7) is 4.68. The Morgan fingerprint density at radius 3 is 2.38 bits per heavy atom. The smallest absolute Gasteiger partial charge is 0.312 e. The Labute approximate surface area is 154 Å². The number of hydrogen-bond acceptors (Lipinski definition) is 4. The van der Waals surface area contributed by atoms with E-state index in [1.54, 1.807) is 0 Å². The van der Waals surface area contributed by atoms with Gasteiger partial charge in [-0.15, -0.1) is 0 Å². The van der Waals surface area contributed by atoms with E-state index in [1.165, 1.54) is 5.56 Å². The van der Waals surface area contributed by atoms with Crippen molar-refractivity contribution in [2.75, 3.05) is 32.7 Å². The molecule has 1 heterocycles. The molecule has 0 bridgehead atoms. The third-order valence-corrected chi connectivity index (χ3v) is 4.58. The predicted molar refractivity (Wildman–Crippen MR) is 99.1 cm³/mol. The average molecular weight is 357 g/mol. The molecule has 0 aromatic heterocycles. The van der Waals surface area contributed by atoms with Gasteiger partial charge in [0, 0.05) is 45.7 Å². The second kappa shape index (κ2) is 10.4. The van der Waals surface area contributed by atoms with Gasteiger partial charge in [0.15, 0.2) is 0 Å². The Morgan fingerprint density at radius 1 is 1.08 bits per heavy atom. The maximum Gasteiger partial charge on any atom is 0.312 e. The molecule has 1 aromatic carbocycles. The summed E-state index contributed by atoms with van der Waals surface area (Å²) in [7, 11) is 0. The summed E-state index contributed by atoms with van der Waals surface area (Å²) in [5.41, 5.74) is 6.86. The van der Waals surface area contributed by atoms with Crippen LogP contribution in [0, 0.1) is 11.3 Å². The van der Waals surface area contributed by atoms with Gasteiger partial charge < -0.3 is 16.0 Å². The maximum absolute atomic E-state index is 12.3. The van der Waals surface area contributed by atoms with Crippen molar-refractivity contribution in [1.82, 2.24) is 15.1 Å². The zero-order chi connectivity index (χ0) is 18.8. The molecule has 0 spiro atoms. The van der Waals surface area contributed by atoms with E-state index in [0.717, 1.165) is 52.0 Å². The number of amides is 3. The number of unbranched alkanes of at least 4 members (excludes halogenated alkanes) is 2. The fourth-order valence-corrected chi connectivity index (χ4v) is 3.05. The van der Waals surface area contributed by atoms with Gasteiger partial charge in [0.1, 0.15) is 0 Å². The minimum atomic E-state index is -0.500. The van der Waals surface area contributed by atoms with Crippen LogP contribution in [0.25, 0.3) is 0 Å². The monoisotopic (exact) mass is 357 g/mol. The SMILES string of the molecule is N#Cc1ccc(CN2CCN(C(=O)CCCCCNC(N)=O)CC2)cc1. The predicted octanol–water partition coefficient (Wildman–Crippen LogP) is 1.43. The number of hydrogen-bond donors (Lipinski definition) is 2. The Hall–Kier alpha value is -2.59. The fraction of sp³-hybridized carbons (Fsp3) is 0.526. The van der Waals surface area contributed by atoms with Gasteiger partial charge in [-0.1, -0.05) is 18.6 Å². The van der Waals surface area contributed by atoms with Crippen molar-refractivity contribution in [1.29, 1.82) is 5.26 Å². The zero-order valence-corrected chi connectivity index (χ0v) is 15.1. The first-order chi connectivity index (χ1) is 12.6. The van der Waals surface area contributed by atoms with Gasteiger partial charge in [0.25, 0.3) is 0 Å². The molecule has 26 heavy (non-hydrogen) atoms. The van der Waals surface area contributed by atoms with Crippen molar-refractivity contribution in [3.05, 3.63) is 35.4 Å². The molecule has 0 unspecified atom stereocenters. The lowest BCUT2D eigenvalue weighted by Crippen LogP contribution is -2.48. The molecule has 1 aliphatic rings. The molecule has 1 aromatic rings. The van der Waals surface area contributed by atoms with Gasteiger partial charge in [-0.2, -0.15) is 5.26 Å². The molecule has 1 saturated heterocycles. The first-order valence-corrected chi connectivity index (χ1v) is 9.11. The number of nitrogens with one attached hydrogen (secondary N) is 1. The highest BCUT2D eigenvalue weighted by Crippen LogP contribution is 2.11. The maximum atomic E-state index is 12.3. The normalized spacial score (nSPS) is 14.7. The summed E-state index contributed by atoms with van der Waals surface area (Å²) in [6, 6.07) is 9.29. The number of urea groups is 1. The molecule has 0 radical (unpaired) electrons. The lowest BCUT2D eigenvalue weighted by Gasteiger charge is -2.34. The van der Waals surface area contributed by atoms with Crippen LogP contribution in [0.15, 0.2) is 24.3 Å². The van der Waals surface area contributed by atoms with E-state index in [2.05, 4.69) is 16.3 Å². The van der Waals surface area contributed by atoms with Crippen LogP contribution in [0.5, 0.6) is 0 Å². The molecule has 140 valence electrons. The number of nitriles is 1. The summed E-state index contributed by atoms with van der Waals surface area (Å²) in [5.74, 6) is 0.214. The topological polar surface area (TPSA) is 102 Å². The average Bonchev–Trinajstić information content (AvgIpc) is 2.65. The number of benzene rings is 1. The van der Waals surface area contributed by atoms with Crippen molar-refractivity contribution in [3.63, 3.8) is 0 Å². The summed E-state index contributed by atoms with van der Waals surface area (Å²) in [5, 5.41) is 11.4. The lowest BCUT2D eigenvalue weighted by atomic mass is 10.1. The molecule has 3 N–H and O–H groups in total. The van der Waals surface area contributed by atoms with Gasteiger partial charge in [-0.05, 0) is 30.5 Å². The second-order valence-corrected chi connectivity index (χ2v) is 6.57. The van der Waals surface area contributed by atoms with E-state index in [-0.39, 0.29) is 5.91 Å². The summed E-state index contributed by atoms with van der Waals surface area (Å²) >= 11 is 0. The van der Waals surface area contributed by atoms with E-state index in [1.807, 2.05) is 29.2 Å². The summed E-state index contributed by atoms with van der Waals surface area (Å²) in [6.07, 6.45) is 3.15. The highest BCUT2D eigenvalue weighted by atomic mass is 16.2.